The summed E-state index contributed by atoms with van der Waals surface area (Å²) in [4.78, 5) is 0. The van der Waals surface area contributed by atoms with Crippen LogP contribution in [0.2, 0.25) is 0 Å². The molecule has 3 N–H and O–H groups in total. The maximum atomic E-state index is 10.5. The Labute approximate surface area is 214 Å². The fourth-order valence-electron chi connectivity index (χ4n) is 4.88. The Morgan fingerprint density at radius 2 is 1.81 bits per heavy atom. The molecule has 0 bridgehead atoms. The van der Waals surface area contributed by atoms with E-state index in [0.717, 1.165) is 17.5 Å². The molecule has 10 heteroatoms. The molecule has 0 spiro atoms. The molecule has 0 saturated carbocycles. The van der Waals surface area contributed by atoms with Gasteiger partial charge in [0.2, 0.25) is 12.0 Å². The zero-order valence-electron chi connectivity index (χ0n) is 20.9. The molecule has 1 fully saturated rings. The molecule has 0 aromatic heterocycles. The van der Waals surface area contributed by atoms with Crippen LogP contribution in [-0.4, -0.2) is 73.5 Å². The number of aliphatic hydroxyl groups is 3. The van der Waals surface area contributed by atoms with Crippen LogP contribution in [-0.2, 0) is 9.47 Å². The lowest BCUT2D eigenvalue weighted by Gasteiger charge is -2.40. The Bertz CT molecular complexity index is 1130. The molecular weight excluding hydrogens is 484 g/mol. The SMILES string of the molecule is CC/C=C/OC[C@H]1O[C@H](Oc2ccc3c(c2)OC[C@H]2c4ccc(OC)c(OC)c4O[C@@H]32)[C@H](O)[C@@H](O)[C@@H]1O. The van der Waals surface area contributed by atoms with Gasteiger partial charge >= 0.3 is 0 Å². The number of methoxy groups -OCH3 is 2. The Morgan fingerprint density at radius 1 is 1.00 bits per heavy atom. The van der Waals surface area contributed by atoms with Gasteiger partial charge < -0.3 is 48.5 Å². The zero-order valence-corrected chi connectivity index (χ0v) is 20.9. The van der Waals surface area contributed by atoms with Crippen LogP contribution in [0.4, 0.5) is 0 Å². The highest BCUT2D eigenvalue weighted by molar-refractivity contribution is 5.61. The van der Waals surface area contributed by atoms with Gasteiger partial charge in [0, 0.05) is 17.2 Å². The van der Waals surface area contributed by atoms with Crippen molar-refractivity contribution in [1.29, 1.82) is 0 Å². The maximum absolute atomic E-state index is 10.5. The Kier molecular flexibility index (Phi) is 7.34. The lowest BCUT2D eigenvalue weighted by atomic mass is 9.89. The van der Waals surface area contributed by atoms with Crippen LogP contribution in [0.1, 0.15) is 36.5 Å². The largest absolute Gasteiger partial charge is 0.499 e. The Hall–Kier alpha value is -3.18. The van der Waals surface area contributed by atoms with E-state index >= 15 is 0 Å². The fourth-order valence-corrected chi connectivity index (χ4v) is 4.88. The van der Waals surface area contributed by atoms with Gasteiger partial charge in [0.25, 0.3) is 0 Å². The van der Waals surface area contributed by atoms with E-state index in [9.17, 15) is 15.3 Å². The highest BCUT2D eigenvalue weighted by atomic mass is 16.7. The Balaban J connectivity index is 1.32. The lowest BCUT2D eigenvalue weighted by molar-refractivity contribution is -0.277. The number of aliphatic hydroxyl groups excluding tert-OH is 3. The molecule has 200 valence electrons. The predicted molar refractivity (Wildman–Crippen MR) is 130 cm³/mol. The van der Waals surface area contributed by atoms with Crippen molar-refractivity contribution in [2.75, 3.05) is 27.4 Å². The second-order valence-electron chi connectivity index (χ2n) is 9.12. The van der Waals surface area contributed by atoms with E-state index in [-0.39, 0.29) is 18.6 Å². The number of ether oxygens (including phenoxy) is 7. The number of fused-ring (bicyclic) bond motifs is 5. The van der Waals surface area contributed by atoms with E-state index < -0.39 is 30.7 Å². The summed E-state index contributed by atoms with van der Waals surface area (Å²) in [5.41, 5.74) is 1.83. The van der Waals surface area contributed by atoms with Gasteiger partial charge in [-0.3, -0.25) is 0 Å². The number of allylic oxidation sites excluding steroid dienone is 1. The number of benzene rings is 2. The maximum Gasteiger partial charge on any atom is 0.229 e. The first-order valence-corrected chi connectivity index (χ1v) is 12.3. The average Bonchev–Trinajstić information content (AvgIpc) is 3.30. The van der Waals surface area contributed by atoms with Crippen molar-refractivity contribution >= 4 is 0 Å². The van der Waals surface area contributed by atoms with Crippen LogP contribution in [0.25, 0.3) is 0 Å². The van der Waals surface area contributed by atoms with Gasteiger partial charge in [-0.25, -0.2) is 0 Å². The summed E-state index contributed by atoms with van der Waals surface area (Å²) in [6.45, 7) is 2.34. The minimum Gasteiger partial charge on any atom is -0.499 e. The average molecular weight is 517 g/mol. The van der Waals surface area contributed by atoms with Crippen LogP contribution < -0.4 is 23.7 Å². The zero-order chi connectivity index (χ0) is 26.1. The molecule has 1 saturated heterocycles. The fraction of sp³-hybridized carbons (Fsp3) is 0.481. The molecule has 37 heavy (non-hydrogen) atoms. The molecule has 7 atom stereocenters. The summed E-state index contributed by atoms with van der Waals surface area (Å²) < 4.78 is 40.3. The van der Waals surface area contributed by atoms with Gasteiger partial charge in [0.15, 0.2) is 11.5 Å². The van der Waals surface area contributed by atoms with Crippen LogP contribution >= 0.6 is 0 Å². The van der Waals surface area contributed by atoms with Crippen molar-refractivity contribution in [1.82, 2.24) is 0 Å². The molecule has 3 aliphatic heterocycles. The first-order valence-electron chi connectivity index (χ1n) is 12.3. The summed E-state index contributed by atoms with van der Waals surface area (Å²) >= 11 is 0. The summed E-state index contributed by atoms with van der Waals surface area (Å²) in [5.74, 6) is 2.70. The van der Waals surface area contributed by atoms with E-state index in [1.807, 2.05) is 31.2 Å². The van der Waals surface area contributed by atoms with Crippen LogP contribution in [0.3, 0.4) is 0 Å². The van der Waals surface area contributed by atoms with Gasteiger partial charge in [-0.1, -0.05) is 19.1 Å². The van der Waals surface area contributed by atoms with Crippen molar-refractivity contribution in [3.05, 3.63) is 53.8 Å². The summed E-state index contributed by atoms with van der Waals surface area (Å²) in [6, 6.07) is 9.08. The summed E-state index contributed by atoms with van der Waals surface area (Å²) in [6.07, 6.45) is -2.54. The van der Waals surface area contributed by atoms with Crippen molar-refractivity contribution in [3.8, 4) is 28.7 Å². The number of rotatable bonds is 8. The minimum atomic E-state index is -1.46. The van der Waals surface area contributed by atoms with Crippen LogP contribution in [0, 0.1) is 0 Å². The molecule has 3 heterocycles. The molecule has 0 unspecified atom stereocenters. The molecule has 5 rings (SSSR count). The standard InChI is InChI=1S/C27H32O10/c1-4-5-10-33-13-20-21(28)22(29)23(30)27(36-20)35-14-6-7-16-19(11-14)34-12-17-15-8-9-18(31-2)26(32-3)25(15)37-24(16)17/h5-11,17,20-24,27-30H,4,12-13H2,1-3H3/b10-5+/t17-,20+,21+,22-,23+,24-,27-/m0/s1. The van der Waals surface area contributed by atoms with E-state index in [1.54, 1.807) is 26.4 Å². The quantitative estimate of drug-likeness (QED) is 0.451. The lowest BCUT2D eigenvalue weighted by Crippen LogP contribution is -2.60. The molecule has 0 aliphatic carbocycles. The molecule has 3 aliphatic rings. The van der Waals surface area contributed by atoms with E-state index in [4.69, 9.17) is 33.2 Å². The number of hydrogen-bond donors (Lipinski definition) is 3. The van der Waals surface area contributed by atoms with Crippen molar-refractivity contribution in [3.63, 3.8) is 0 Å². The topological polar surface area (TPSA) is 125 Å². The molecule has 0 amide bonds. The Morgan fingerprint density at radius 3 is 2.57 bits per heavy atom. The molecule has 2 aromatic rings. The van der Waals surface area contributed by atoms with E-state index in [1.165, 1.54) is 6.26 Å². The van der Waals surface area contributed by atoms with Gasteiger partial charge in [0.05, 0.1) is 33.0 Å². The highest BCUT2D eigenvalue weighted by Gasteiger charge is 2.46. The summed E-state index contributed by atoms with van der Waals surface area (Å²) in [5, 5.41) is 31.1. The summed E-state index contributed by atoms with van der Waals surface area (Å²) in [7, 11) is 3.16. The van der Waals surface area contributed by atoms with Crippen LogP contribution in [0.5, 0.6) is 28.7 Å². The normalized spacial score (nSPS) is 29.9. The first-order chi connectivity index (χ1) is 18.0. The third-order valence-corrected chi connectivity index (χ3v) is 6.86. The van der Waals surface area contributed by atoms with Crippen LogP contribution in [0.15, 0.2) is 42.7 Å². The molecule has 0 radical (unpaired) electrons. The van der Waals surface area contributed by atoms with Gasteiger partial charge in [0.1, 0.15) is 48.6 Å². The second-order valence-corrected chi connectivity index (χ2v) is 9.12. The second kappa shape index (κ2) is 10.7. The molecule has 2 aromatic carbocycles. The third-order valence-electron chi connectivity index (χ3n) is 6.86. The monoisotopic (exact) mass is 516 g/mol. The third kappa shape index (κ3) is 4.66. The van der Waals surface area contributed by atoms with Gasteiger partial charge in [-0.15, -0.1) is 0 Å². The number of hydrogen-bond acceptors (Lipinski definition) is 10. The van der Waals surface area contributed by atoms with Crippen molar-refractivity contribution in [2.45, 2.75) is 56.1 Å². The van der Waals surface area contributed by atoms with Gasteiger partial charge in [-0.2, -0.15) is 0 Å². The van der Waals surface area contributed by atoms with Gasteiger partial charge in [-0.05, 0) is 24.6 Å². The highest BCUT2D eigenvalue weighted by Crippen LogP contribution is 2.56. The predicted octanol–water partition coefficient (Wildman–Crippen LogP) is 2.44. The van der Waals surface area contributed by atoms with E-state index in [0.29, 0.717) is 35.4 Å². The molecular formula is C27H32O10. The molecule has 10 nitrogen and oxygen atoms in total. The van der Waals surface area contributed by atoms with Crippen molar-refractivity contribution < 1.29 is 48.5 Å². The van der Waals surface area contributed by atoms with E-state index in [2.05, 4.69) is 0 Å². The smallest absolute Gasteiger partial charge is 0.229 e. The minimum absolute atomic E-state index is 0.0101. The first kappa shape index (κ1) is 25.5. The van der Waals surface area contributed by atoms with Crippen molar-refractivity contribution in [2.24, 2.45) is 0 Å².